The smallest absolute Gasteiger partial charge is 0.222 e. The van der Waals surface area contributed by atoms with Crippen molar-refractivity contribution in [2.75, 3.05) is 13.1 Å². The molecule has 1 aliphatic rings. The van der Waals surface area contributed by atoms with Crippen LogP contribution in [0.25, 0.3) is 11.3 Å². The molecule has 132 valence electrons. The zero-order valence-corrected chi connectivity index (χ0v) is 14.5. The Morgan fingerprint density at radius 2 is 2.08 bits per heavy atom. The van der Waals surface area contributed by atoms with E-state index in [-0.39, 0.29) is 5.91 Å². The molecule has 6 nitrogen and oxygen atoms in total. The highest BCUT2D eigenvalue weighted by molar-refractivity contribution is 5.76. The van der Waals surface area contributed by atoms with Gasteiger partial charge in [-0.05, 0) is 42.7 Å². The molecule has 0 radical (unpaired) electrons. The van der Waals surface area contributed by atoms with E-state index in [4.69, 9.17) is 0 Å². The number of rotatable bonds is 5. The Balaban J connectivity index is 1.40. The standard InChI is InChI=1S/C20H21N5O/c26-20(2-1-18-12-22-14-24-18)25-10-6-17(13-25)16-5-9-23-19(11-16)15-3-7-21-8-4-15/h3-5,7-9,11-12,14,17H,1-2,6,10,13H2,(H,22,24)/t17-/m0/s1. The van der Waals surface area contributed by atoms with Gasteiger partial charge in [0.1, 0.15) is 0 Å². The molecule has 0 aliphatic carbocycles. The fourth-order valence-electron chi connectivity index (χ4n) is 3.46. The monoisotopic (exact) mass is 347 g/mol. The summed E-state index contributed by atoms with van der Waals surface area (Å²) in [6.07, 6.45) is 11.1. The molecule has 4 heterocycles. The lowest BCUT2D eigenvalue weighted by Crippen LogP contribution is -2.28. The topological polar surface area (TPSA) is 74.8 Å². The van der Waals surface area contributed by atoms with Gasteiger partial charge >= 0.3 is 0 Å². The van der Waals surface area contributed by atoms with Gasteiger partial charge in [-0.25, -0.2) is 4.98 Å². The summed E-state index contributed by atoms with van der Waals surface area (Å²) in [7, 11) is 0. The van der Waals surface area contributed by atoms with Crippen molar-refractivity contribution in [3.8, 4) is 11.3 Å². The predicted molar refractivity (Wildman–Crippen MR) is 98.3 cm³/mol. The highest BCUT2D eigenvalue weighted by Crippen LogP contribution is 2.29. The van der Waals surface area contributed by atoms with Crippen molar-refractivity contribution in [2.45, 2.75) is 25.2 Å². The maximum atomic E-state index is 12.5. The van der Waals surface area contributed by atoms with Crippen LogP contribution in [0.3, 0.4) is 0 Å². The van der Waals surface area contributed by atoms with Gasteiger partial charge in [0, 0.05) is 61.5 Å². The van der Waals surface area contributed by atoms with Gasteiger partial charge in [-0.3, -0.25) is 14.8 Å². The van der Waals surface area contributed by atoms with Crippen molar-refractivity contribution in [3.63, 3.8) is 0 Å². The number of pyridine rings is 2. The summed E-state index contributed by atoms with van der Waals surface area (Å²) in [5, 5.41) is 0. The molecule has 1 saturated heterocycles. The largest absolute Gasteiger partial charge is 0.348 e. The summed E-state index contributed by atoms with van der Waals surface area (Å²) < 4.78 is 0. The molecule has 3 aromatic heterocycles. The van der Waals surface area contributed by atoms with Crippen molar-refractivity contribution >= 4 is 5.91 Å². The molecule has 1 atom stereocenters. The van der Waals surface area contributed by atoms with Crippen LogP contribution in [0.4, 0.5) is 0 Å². The average molecular weight is 347 g/mol. The lowest BCUT2D eigenvalue weighted by Gasteiger charge is -2.17. The third kappa shape index (κ3) is 3.64. The van der Waals surface area contributed by atoms with Gasteiger partial charge in [0.25, 0.3) is 0 Å². The van der Waals surface area contributed by atoms with Crippen molar-refractivity contribution in [1.82, 2.24) is 24.8 Å². The number of carbonyl (C=O) groups excluding carboxylic acids is 1. The predicted octanol–water partition coefficient (Wildman–Crippen LogP) is 2.82. The van der Waals surface area contributed by atoms with Crippen molar-refractivity contribution < 1.29 is 4.79 Å². The van der Waals surface area contributed by atoms with Crippen LogP contribution in [-0.2, 0) is 11.2 Å². The van der Waals surface area contributed by atoms with Crippen molar-refractivity contribution in [1.29, 1.82) is 0 Å². The van der Waals surface area contributed by atoms with Crippen molar-refractivity contribution in [3.05, 3.63) is 66.6 Å². The van der Waals surface area contributed by atoms with Crippen molar-refractivity contribution in [2.24, 2.45) is 0 Å². The Hall–Kier alpha value is -3.02. The molecule has 0 bridgehead atoms. The first kappa shape index (κ1) is 16.4. The Kier molecular flexibility index (Phi) is 4.73. The first-order valence-electron chi connectivity index (χ1n) is 8.91. The Morgan fingerprint density at radius 3 is 2.88 bits per heavy atom. The van der Waals surface area contributed by atoms with E-state index >= 15 is 0 Å². The summed E-state index contributed by atoms with van der Waals surface area (Å²) >= 11 is 0. The Bertz CT molecular complexity index is 863. The number of hydrogen-bond acceptors (Lipinski definition) is 4. The van der Waals surface area contributed by atoms with E-state index in [1.807, 2.05) is 23.2 Å². The van der Waals surface area contributed by atoms with Gasteiger partial charge in [-0.1, -0.05) is 0 Å². The number of aryl methyl sites for hydroxylation is 1. The summed E-state index contributed by atoms with van der Waals surface area (Å²) in [5.74, 6) is 0.584. The zero-order chi connectivity index (χ0) is 17.8. The van der Waals surface area contributed by atoms with E-state index in [0.29, 0.717) is 18.8 Å². The molecule has 0 saturated carbocycles. The Labute approximate surface area is 152 Å². The summed E-state index contributed by atoms with van der Waals surface area (Å²) in [5.41, 5.74) is 4.27. The zero-order valence-electron chi connectivity index (χ0n) is 14.5. The molecule has 1 aliphatic heterocycles. The first-order valence-corrected chi connectivity index (χ1v) is 8.91. The fourth-order valence-corrected chi connectivity index (χ4v) is 3.46. The van der Waals surface area contributed by atoms with Crippen LogP contribution >= 0.6 is 0 Å². The van der Waals surface area contributed by atoms with Crippen LogP contribution in [0.5, 0.6) is 0 Å². The Morgan fingerprint density at radius 1 is 1.19 bits per heavy atom. The van der Waals surface area contributed by atoms with Crippen LogP contribution in [0, 0.1) is 0 Å². The van der Waals surface area contributed by atoms with Crippen LogP contribution < -0.4 is 0 Å². The third-order valence-corrected chi connectivity index (χ3v) is 4.94. The number of aromatic nitrogens is 4. The molecule has 1 amide bonds. The van der Waals surface area contributed by atoms with E-state index in [1.165, 1.54) is 5.56 Å². The molecule has 0 spiro atoms. The minimum atomic E-state index is 0.213. The molecule has 0 unspecified atom stereocenters. The normalized spacial score (nSPS) is 16.8. The third-order valence-electron chi connectivity index (χ3n) is 4.94. The van der Waals surface area contributed by atoms with E-state index < -0.39 is 0 Å². The summed E-state index contributed by atoms with van der Waals surface area (Å²) in [4.78, 5) is 30.0. The van der Waals surface area contributed by atoms with E-state index in [0.717, 1.165) is 36.5 Å². The van der Waals surface area contributed by atoms with Gasteiger partial charge in [-0.2, -0.15) is 0 Å². The highest BCUT2D eigenvalue weighted by atomic mass is 16.2. The average Bonchev–Trinajstić information content (AvgIpc) is 3.39. The lowest BCUT2D eigenvalue weighted by atomic mass is 9.97. The van der Waals surface area contributed by atoms with E-state index in [2.05, 4.69) is 32.1 Å². The van der Waals surface area contributed by atoms with Crippen LogP contribution in [-0.4, -0.2) is 43.8 Å². The number of carbonyl (C=O) groups is 1. The number of H-pyrrole nitrogens is 1. The number of imidazole rings is 1. The van der Waals surface area contributed by atoms with Crippen LogP contribution in [0.1, 0.15) is 30.0 Å². The molecule has 0 aromatic carbocycles. The van der Waals surface area contributed by atoms with Gasteiger partial charge in [0.15, 0.2) is 0 Å². The van der Waals surface area contributed by atoms with Gasteiger partial charge in [0.05, 0.1) is 12.0 Å². The molecule has 4 rings (SSSR count). The summed E-state index contributed by atoms with van der Waals surface area (Å²) in [6.45, 7) is 1.60. The number of aromatic amines is 1. The highest BCUT2D eigenvalue weighted by Gasteiger charge is 2.27. The molecular formula is C20H21N5O. The van der Waals surface area contributed by atoms with Gasteiger partial charge in [-0.15, -0.1) is 0 Å². The minimum absolute atomic E-state index is 0.213. The first-order chi connectivity index (χ1) is 12.8. The molecule has 1 N–H and O–H groups in total. The van der Waals surface area contributed by atoms with Gasteiger partial charge in [0.2, 0.25) is 5.91 Å². The minimum Gasteiger partial charge on any atom is -0.348 e. The second-order valence-corrected chi connectivity index (χ2v) is 6.61. The van der Waals surface area contributed by atoms with Crippen LogP contribution in [0.2, 0.25) is 0 Å². The van der Waals surface area contributed by atoms with Crippen LogP contribution in [0.15, 0.2) is 55.4 Å². The quantitative estimate of drug-likeness (QED) is 0.770. The molecule has 3 aromatic rings. The summed E-state index contributed by atoms with van der Waals surface area (Å²) in [6, 6.07) is 8.13. The van der Waals surface area contributed by atoms with Gasteiger partial charge < -0.3 is 9.88 Å². The van der Waals surface area contributed by atoms with E-state index in [1.54, 1.807) is 24.9 Å². The number of nitrogens with zero attached hydrogens (tertiary/aromatic N) is 4. The maximum absolute atomic E-state index is 12.5. The second-order valence-electron chi connectivity index (χ2n) is 6.61. The molecule has 26 heavy (non-hydrogen) atoms. The number of nitrogens with one attached hydrogen (secondary N) is 1. The number of amides is 1. The molecular weight excluding hydrogens is 326 g/mol. The maximum Gasteiger partial charge on any atom is 0.222 e. The second kappa shape index (κ2) is 7.47. The lowest BCUT2D eigenvalue weighted by molar-refractivity contribution is -0.130. The molecule has 1 fully saturated rings. The number of likely N-dealkylation sites (tertiary alicyclic amines) is 1. The molecule has 6 heteroatoms. The SMILES string of the molecule is O=C(CCc1cnc[nH]1)N1CC[C@H](c2ccnc(-c3ccncc3)c2)C1. The van der Waals surface area contributed by atoms with E-state index in [9.17, 15) is 4.79 Å². The number of hydrogen-bond donors (Lipinski definition) is 1. The fraction of sp³-hybridized carbons (Fsp3) is 0.300.